The van der Waals surface area contributed by atoms with Gasteiger partial charge in [-0.05, 0) is 43.2 Å². The van der Waals surface area contributed by atoms with Crippen LogP contribution in [0.3, 0.4) is 0 Å². The van der Waals surface area contributed by atoms with E-state index >= 15 is 0 Å². The molecule has 2 aromatic heterocycles. The van der Waals surface area contributed by atoms with Gasteiger partial charge in [0.05, 0.1) is 0 Å². The van der Waals surface area contributed by atoms with Gasteiger partial charge in [-0.3, -0.25) is 9.47 Å². The highest BCUT2D eigenvalue weighted by Gasteiger charge is 2.15. The number of nitrogens with zero attached hydrogens (tertiary/aromatic N) is 4. The van der Waals surface area contributed by atoms with Gasteiger partial charge in [-0.25, -0.2) is 0 Å². The third kappa shape index (κ3) is 4.25. The van der Waals surface area contributed by atoms with Crippen molar-refractivity contribution in [1.29, 1.82) is 0 Å². The standard InChI is InChI=1S/C22H21N5OS/c1-16-8-7-10-18(14-16)15-29-22-25-24-20(23-19-11-4-3-9-17(19)2)21(28)27(22)26-12-5-6-13-26/h3-14H,15H2,1-2H3,(H,23,24). The third-order valence-electron chi connectivity index (χ3n) is 4.48. The SMILES string of the molecule is Cc1cccc(CSc2nnc(Nc3ccccc3C)c(=O)n2-n2cccc2)c1. The third-order valence-corrected chi connectivity index (χ3v) is 5.47. The smallest absolute Gasteiger partial charge is 0.316 e. The monoisotopic (exact) mass is 403 g/mol. The molecule has 1 N–H and O–H groups in total. The number of aromatic nitrogens is 4. The first-order valence-electron chi connectivity index (χ1n) is 9.26. The Morgan fingerprint density at radius 3 is 2.52 bits per heavy atom. The lowest BCUT2D eigenvalue weighted by Crippen LogP contribution is -2.30. The van der Waals surface area contributed by atoms with Gasteiger partial charge in [-0.1, -0.05) is 59.8 Å². The van der Waals surface area contributed by atoms with E-state index in [0.717, 1.165) is 11.3 Å². The first kappa shape index (κ1) is 19.0. The van der Waals surface area contributed by atoms with E-state index < -0.39 is 0 Å². The Balaban J connectivity index is 1.69. The van der Waals surface area contributed by atoms with Crippen molar-refractivity contribution in [2.24, 2.45) is 0 Å². The Bertz CT molecular complexity index is 1180. The molecule has 0 aliphatic heterocycles. The highest BCUT2D eigenvalue weighted by atomic mass is 32.2. The second-order valence-electron chi connectivity index (χ2n) is 6.73. The zero-order chi connectivity index (χ0) is 20.2. The van der Waals surface area contributed by atoms with Crippen molar-refractivity contribution in [2.45, 2.75) is 24.8 Å². The zero-order valence-electron chi connectivity index (χ0n) is 16.2. The van der Waals surface area contributed by atoms with Gasteiger partial charge in [0, 0.05) is 23.8 Å². The molecular weight excluding hydrogens is 382 g/mol. The summed E-state index contributed by atoms with van der Waals surface area (Å²) in [6, 6.07) is 19.8. The van der Waals surface area contributed by atoms with Crippen molar-refractivity contribution < 1.29 is 0 Å². The molecule has 0 saturated carbocycles. The van der Waals surface area contributed by atoms with Crippen molar-refractivity contribution in [3.05, 3.63) is 100 Å². The number of para-hydroxylation sites is 1. The van der Waals surface area contributed by atoms with Gasteiger partial charge in [0.15, 0.2) is 0 Å². The minimum Gasteiger partial charge on any atom is -0.334 e. The van der Waals surface area contributed by atoms with E-state index in [9.17, 15) is 4.79 Å². The number of rotatable bonds is 6. The normalized spacial score (nSPS) is 10.8. The zero-order valence-corrected chi connectivity index (χ0v) is 17.1. The van der Waals surface area contributed by atoms with E-state index in [1.165, 1.54) is 27.6 Å². The van der Waals surface area contributed by atoms with Crippen LogP contribution >= 0.6 is 11.8 Å². The molecule has 0 radical (unpaired) electrons. The summed E-state index contributed by atoms with van der Waals surface area (Å²) in [6.45, 7) is 4.04. The number of benzene rings is 2. The molecule has 0 aliphatic rings. The van der Waals surface area contributed by atoms with Crippen LogP contribution in [-0.4, -0.2) is 19.5 Å². The molecule has 0 bridgehead atoms. The van der Waals surface area contributed by atoms with Crippen molar-refractivity contribution in [3.8, 4) is 0 Å². The number of thioether (sulfide) groups is 1. The number of hydrogen-bond acceptors (Lipinski definition) is 5. The predicted molar refractivity (Wildman–Crippen MR) is 117 cm³/mol. The van der Waals surface area contributed by atoms with Crippen molar-refractivity contribution in [2.75, 3.05) is 5.32 Å². The maximum absolute atomic E-state index is 13.2. The highest BCUT2D eigenvalue weighted by Crippen LogP contribution is 2.22. The van der Waals surface area contributed by atoms with Crippen LogP contribution in [0, 0.1) is 13.8 Å². The summed E-state index contributed by atoms with van der Waals surface area (Å²) in [6.07, 6.45) is 3.63. The minimum absolute atomic E-state index is 0.188. The lowest BCUT2D eigenvalue weighted by Gasteiger charge is -2.14. The number of aryl methyl sites for hydroxylation is 2. The van der Waals surface area contributed by atoms with Crippen LogP contribution in [-0.2, 0) is 5.75 Å². The second-order valence-corrected chi connectivity index (χ2v) is 7.67. The highest BCUT2D eigenvalue weighted by molar-refractivity contribution is 7.98. The molecule has 29 heavy (non-hydrogen) atoms. The van der Waals surface area contributed by atoms with E-state index in [1.54, 1.807) is 4.68 Å². The van der Waals surface area contributed by atoms with Gasteiger partial charge in [0.25, 0.3) is 0 Å². The van der Waals surface area contributed by atoms with Gasteiger partial charge >= 0.3 is 5.56 Å². The maximum Gasteiger partial charge on any atom is 0.316 e. The predicted octanol–water partition coefficient (Wildman–Crippen LogP) is 4.40. The van der Waals surface area contributed by atoms with Crippen LogP contribution in [0.5, 0.6) is 0 Å². The number of nitrogens with one attached hydrogen (secondary N) is 1. The summed E-state index contributed by atoms with van der Waals surface area (Å²) in [5.41, 5.74) is 3.98. The molecule has 0 unspecified atom stereocenters. The fourth-order valence-corrected chi connectivity index (χ4v) is 3.86. The number of anilines is 2. The Labute approximate surface area is 173 Å². The molecule has 7 heteroatoms. The Morgan fingerprint density at radius 1 is 0.966 bits per heavy atom. The van der Waals surface area contributed by atoms with E-state index in [2.05, 4.69) is 40.6 Å². The summed E-state index contributed by atoms with van der Waals surface area (Å²) in [5.74, 6) is 0.884. The van der Waals surface area contributed by atoms with E-state index in [1.807, 2.05) is 61.8 Å². The molecule has 0 aliphatic carbocycles. The van der Waals surface area contributed by atoms with Crippen LogP contribution < -0.4 is 10.9 Å². The lowest BCUT2D eigenvalue weighted by molar-refractivity contribution is 0.533. The molecule has 146 valence electrons. The average molecular weight is 404 g/mol. The maximum atomic E-state index is 13.2. The van der Waals surface area contributed by atoms with Crippen LogP contribution in [0.25, 0.3) is 0 Å². The Hall–Kier alpha value is -3.32. The first-order valence-corrected chi connectivity index (χ1v) is 10.2. The molecular formula is C22H21N5OS. The van der Waals surface area contributed by atoms with E-state index in [0.29, 0.717) is 10.9 Å². The average Bonchev–Trinajstić information content (AvgIpc) is 3.24. The van der Waals surface area contributed by atoms with Gasteiger partial charge in [-0.2, -0.15) is 4.68 Å². The summed E-state index contributed by atoms with van der Waals surface area (Å²) in [5, 5.41) is 12.2. The molecule has 0 spiro atoms. The summed E-state index contributed by atoms with van der Waals surface area (Å²) in [4.78, 5) is 13.2. The van der Waals surface area contributed by atoms with Gasteiger partial charge < -0.3 is 5.32 Å². The fourth-order valence-electron chi connectivity index (χ4n) is 2.99. The quantitative estimate of drug-likeness (QED) is 0.483. The molecule has 0 amide bonds. The summed E-state index contributed by atoms with van der Waals surface area (Å²) < 4.78 is 3.26. The van der Waals surface area contributed by atoms with Crippen LogP contribution in [0.2, 0.25) is 0 Å². The Kier molecular flexibility index (Phi) is 5.48. The fraction of sp³-hybridized carbons (Fsp3) is 0.136. The second kappa shape index (κ2) is 8.36. The van der Waals surface area contributed by atoms with E-state index in [-0.39, 0.29) is 11.4 Å². The first-order chi connectivity index (χ1) is 14.1. The number of hydrogen-bond donors (Lipinski definition) is 1. The van der Waals surface area contributed by atoms with Crippen LogP contribution in [0.15, 0.2) is 83.0 Å². The largest absolute Gasteiger partial charge is 0.334 e. The molecule has 0 atom stereocenters. The van der Waals surface area contributed by atoms with Crippen molar-refractivity contribution >= 4 is 23.3 Å². The molecule has 6 nitrogen and oxygen atoms in total. The molecule has 0 saturated heterocycles. The summed E-state index contributed by atoms with van der Waals surface area (Å²) >= 11 is 1.48. The van der Waals surface area contributed by atoms with Gasteiger partial charge in [-0.15, -0.1) is 10.2 Å². The van der Waals surface area contributed by atoms with E-state index in [4.69, 9.17) is 0 Å². The molecule has 0 fully saturated rings. The van der Waals surface area contributed by atoms with Crippen LogP contribution in [0.1, 0.15) is 16.7 Å². The van der Waals surface area contributed by atoms with Crippen LogP contribution in [0.4, 0.5) is 11.5 Å². The van der Waals surface area contributed by atoms with Gasteiger partial charge in [0.1, 0.15) is 0 Å². The molecule has 2 heterocycles. The lowest BCUT2D eigenvalue weighted by atomic mass is 10.2. The van der Waals surface area contributed by atoms with Crippen molar-refractivity contribution in [1.82, 2.24) is 19.5 Å². The molecule has 2 aromatic carbocycles. The van der Waals surface area contributed by atoms with Gasteiger partial charge in [0.2, 0.25) is 11.0 Å². The van der Waals surface area contributed by atoms with Crippen molar-refractivity contribution in [3.63, 3.8) is 0 Å². The summed E-state index contributed by atoms with van der Waals surface area (Å²) in [7, 11) is 0. The molecule has 4 rings (SSSR count). The Morgan fingerprint density at radius 2 is 1.76 bits per heavy atom. The minimum atomic E-state index is -0.258. The molecule has 4 aromatic rings. The topological polar surface area (TPSA) is 64.7 Å².